The Kier molecular flexibility index (Phi) is 5.21. The second-order valence-corrected chi connectivity index (χ2v) is 5.75. The summed E-state index contributed by atoms with van der Waals surface area (Å²) in [7, 11) is 1.52. The first-order valence-electron chi connectivity index (χ1n) is 8.15. The van der Waals surface area contributed by atoms with Gasteiger partial charge in [0.25, 0.3) is 5.91 Å². The predicted molar refractivity (Wildman–Crippen MR) is 92.8 cm³/mol. The van der Waals surface area contributed by atoms with Crippen LogP contribution in [0, 0.1) is 0 Å². The molecule has 2 aromatic rings. The minimum absolute atomic E-state index is 0.220. The number of benzene rings is 1. The Balaban J connectivity index is 1.54. The Hall–Kier alpha value is -3.29. The van der Waals surface area contributed by atoms with Crippen molar-refractivity contribution in [3.63, 3.8) is 0 Å². The summed E-state index contributed by atoms with van der Waals surface area (Å²) in [5.41, 5.74) is 0.481. The molecule has 3 rings (SSSR count). The van der Waals surface area contributed by atoms with Crippen LogP contribution in [0.5, 0.6) is 5.75 Å². The number of methoxy groups -OCH3 is 1. The molecule has 8 nitrogen and oxygen atoms in total. The van der Waals surface area contributed by atoms with Crippen LogP contribution in [0.2, 0.25) is 0 Å². The monoisotopic (exact) mass is 357 g/mol. The van der Waals surface area contributed by atoms with Gasteiger partial charge in [-0.15, -0.1) is 0 Å². The number of hydrogen-bond donors (Lipinski definition) is 1. The average Bonchev–Trinajstić information content (AvgIpc) is 3.22. The predicted octanol–water partition coefficient (Wildman–Crippen LogP) is 1.21. The smallest absolute Gasteiger partial charge is 0.313 e. The van der Waals surface area contributed by atoms with E-state index in [1.54, 1.807) is 41.3 Å². The average molecular weight is 357 g/mol. The molecule has 1 aromatic carbocycles. The van der Waals surface area contributed by atoms with Gasteiger partial charge in [-0.1, -0.05) is 6.07 Å². The number of nitrogens with zero attached hydrogens (tertiary/aromatic N) is 2. The topological polar surface area (TPSA) is 92.1 Å². The van der Waals surface area contributed by atoms with Gasteiger partial charge in [-0.25, -0.2) is 0 Å². The van der Waals surface area contributed by atoms with Crippen LogP contribution >= 0.6 is 0 Å². The van der Waals surface area contributed by atoms with E-state index in [0.717, 1.165) is 0 Å². The van der Waals surface area contributed by atoms with Gasteiger partial charge in [0.15, 0.2) is 5.76 Å². The molecule has 1 aromatic heterocycles. The zero-order chi connectivity index (χ0) is 18.5. The van der Waals surface area contributed by atoms with Gasteiger partial charge in [0.1, 0.15) is 5.75 Å². The fourth-order valence-corrected chi connectivity index (χ4v) is 2.70. The summed E-state index contributed by atoms with van der Waals surface area (Å²) < 4.78 is 10.2. The maximum atomic E-state index is 12.3. The number of anilines is 1. The molecule has 1 aliphatic heterocycles. The number of nitrogens with one attached hydrogen (secondary N) is 1. The third-order valence-corrected chi connectivity index (χ3v) is 4.11. The van der Waals surface area contributed by atoms with Crippen LogP contribution in [-0.4, -0.2) is 60.8 Å². The number of carbonyl (C=O) groups excluding carboxylic acids is 3. The van der Waals surface area contributed by atoms with E-state index in [4.69, 9.17) is 9.15 Å². The zero-order valence-corrected chi connectivity index (χ0v) is 14.3. The Bertz CT molecular complexity index is 795. The van der Waals surface area contributed by atoms with Gasteiger partial charge >= 0.3 is 11.8 Å². The van der Waals surface area contributed by atoms with Crippen LogP contribution in [0.25, 0.3) is 0 Å². The largest absolute Gasteiger partial charge is 0.497 e. The zero-order valence-electron chi connectivity index (χ0n) is 14.3. The fraction of sp³-hybridized carbons (Fsp3) is 0.278. The molecule has 0 saturated carbocycles. The van der Waals surface area contributed by atoms with Gasteiger partial charge in [-0.3, -0.25) is 14.4 Å². The van der Waals surface area contributed by atoms with Crippen molar-refractivity contribution in [3.05, 3.63) is 48.4 Å². The normalized spacial score (nSPS) is 14.0. The van der Waals surface area contributed by atoms with E-state index in [-0.39, 0.29) is 24.8 Å². The Morgan fingerprint density at radius 2 is 1.77 bits per heavy atom. The lowest BCUT2D eigenvalue weighted by molar-refractivity contribution is -0.144. The van der Waals surface area contributed by atoms with Crippen molar-refractivity contribution >= 4 is 23.4 Å². The molecule has 3 amide bonds. The molecule has 1 N–H and O–H groups in total. The molecule has 0 spiro atoms. The Morgan fingerprint density at radius 1 is 1.04 bits per heavy atom. The van der Waals surface area contributed by atoms with Crippen molar-refractivity contribution in [2.75, 3.05) is 38.6 Å². The van der Waals surface area contributed by atoms with Crippen LogP contribution in [-0.2, 0) is 9.59 Å². The molecule has 136 valence electrons. The minimum atomic E-state index is -0.718. The molecule has 1 aliphatic rings. The summed E-state index contributed by atoms with van der Waals surface area (Å²) in [6, 6.07) is 10.0. The lowest BCUT2D eigenvalue weighted by Gasteiger charge is -2.33. The van der Waals surface area contributed by atoms with Gasteiger partial charge in [0, 0.05) is 37.9 Å². The number of ether oxygens (including phenoxy) is 1. The van der Waals surface area contributed by atoms with Gasteiger partial charge in [-0.2, -0.15) is 0 Å². The number of amides is 3. The van der Waals surface area contributed by atoms with Crippen molar-refractivity contribution in [3.8, 4) is 5.75 Å². The molecular weight excluding hydrogens is 338 g/mol. The maximum absolute atomic E-state index is 12.3. The van der Waals surface area contributed by atoms with Crippen molar-refractivity contribution in [2.24, 2.45) is 0 Å². The number of rotatable bonds is 3. The van der Waals surface area contributed by atoms with E-state index in [9.17, 15) is 14.4 Å². The fourth-order valence-electron chi connectivity index (χ4n) is 2.70. The SMILES string of the molecule is COc1cccc(NC(=O)C(=O)N2CCN(C(=O)c3ccco3)CC2)c1. The van der Waals surface area contributed by atoms with Crippen LogP contribution in [0.1, 0.15) is 10.6 Å². The van der Waals surface area contributed by atoms with E-state index >= 15 is 0 Å². The van der Waals surface area contributed by atoms with Crippen LogP contribution in [0.15, 0.2) is 47.1 Å². The minimum Gasteiger partial charge on any atom is -0.497 e. The second kappa shape index (κ2) is 7.73. The summed E-state index contributed by atoms with van der Waals surface area (Å²) in [6.07, 6.45) is 1.44. The van der Waals surface area contributed by atoms with E-state index in [1.807, 2.05) is 0 Å². The first-order chi connectivity index (χ1) is 12.6. The van der Waals surface area contributed by atoms with Gasteiger partial charge in [0.05, 0.1) is 13.4 Å². The quantitative estimate of drug-likeness (QED) is 0.834. The second-order valence-electron chi connectivity index (χ2n) is 5.75. The third kappa shape index (κ3) is 3.85. The number of carbonyl (C=O) groups is 3. The Labute approximate surface area is 150 Å². The molecular formula is C18H19N3O5. The van der Waals surface area contributed by atoms with Crippen LogP contribution in [0.3, 0.4) is 0 Å². The number of hydrogen-bond acceptors (Lipinski definition) is 5. The van der Waals surface area contributed by atoms with Crippen LogP contribution < -0.4 is 10.1 Å². The Morgan fingerprint density at radius 3 is 2.42 bits per heavy atom. The molecule has 0 aliphatic carbocycles. The summed E-state index contributed by atoms with van der Waals surface area (Å²) in [5.74, 6) is -0.717. The maximum Gasteiger partial charge on any atom is 0.313 e. The summed E-state index contributed by atoms with van der Waals surface area (Å²) in [4.78, 5) is 39.7. The molecule has 0 unspecified atom stereocenters. The molecule has 0 bridgehead atoms. The van der Waals surface area contributed by atoms with Crippen molar-refractivity contribution in [2.45, 2.75) is 0 Å². The highest BCUT2D eigenvalue weighted by molar-refractivity contribution is 6.39. The van der Waals surface area contributed by atoms with Crippen molar-refractivity contribution < 1.29 is 23.5 Å². The molecule has 26 heavy (non-hydrogen) atoms. The summed E-state index contributed by atoms with van der Waals surface area (Å²) in [6.45, 7) is 1.27. The van der Waals surface area contributed by atoms with E-state index in [2.05, 4.69) is 5.32 Å². The third-order valence-electron chi connectivity index (χ3n) is 4.11. The first-order valence-corrected chi connectivity index (χ1v) is 8.15. The highest BCUT2D eigenvalue weighted by Gasteiger charge is 2.29. The van der Waals surface area contributed by atoms with Crippen LogP contribution in [0.4, 0.5) is 5.69 Å². The summed E-state index contributed by atoms with van der Waals surface area (Å²) >= 11 is 0. The van der Waals surface area contributed by atoms with Gasteiger partial charge in [0.2, 0.25) is 0 Å². The summed E-state index contributed by atoms with van der Waals surface area (Å²) in [5, 5.41) is 2.56. The van der Waals surface area contributed by atoms with Gasteiger partial charge < -0.3 is 24.3 Å². The number of furan rings is 1. The van der Waals surface area contributed by atoms with E-state index in [0.29, 0.717) is 24.5 Å². The molecule has 1 fully saturated rings. The molecule has 0 atom stereocenters. The van der Waals surface area contributed by atoms with Crippen molar-refractivity contribution in [1.29, 1.82) is 0 Å². The standard InChI is InChI=1S/C18H19N3O5/c1-25-14-5-2-4-13(12-14)19-16(22)18(24)21-9-7-20(8-10-21)17(23)15-6-3-11-26-15/h2-6,11-12H,7-10H2,1H3,(H,19,22). The number of piperazine rings is 1. The first kappa shape index (κ1) is 17.5. The highest BCUT2D eigenvalue weighted by atomic mass is 16.5. The van der Waals surface area contributed by atoms with Crippen molar-refractivity contribution in [1.82, 2.24) is 9.80 Å². The molecule has 2 heterocycles. The van der Waals surface area contributed by atoms with E-state index < -0.39 is 11.8 Å². The molecule has 8 heteroatoms. The molecule has 0 radical (unpaired) electrons. The van der Waals surface area contributed by atoms with Gasteiger partial charge in [-0.05, 0) is 24.3 Å². The lowest BCUT2D eigenvalue weighted by Crippen LogP contribution is -2.52. The molecule has 1 saturated heterocycles. The lowest BCUT2D eigenvalue weighted by atomic mass is 10.2. The highest BCUT2D eigenvalue weighted by Crippen LogP contribution is 2.17. The van der Waals surface area contributed by atoms with E-state index in [1.165, 1.54) is 18.3 Å².